The van der Waals surface area contributed by atoms with Crippen LogP contribution in [0.4, 0.5) is 5.69 Å². The van der Waals surface area contributed by atoms with E-state index in [-0.39, 0.29) is 11.3 Å². The number of anilines is 1. The topological polar surface area (TPSA) is 46.9 Å². The molecule has 4 heteroatoms. The fourth-order valence-corrected chi connectivity index (χ4v) is 7.11. The quantitative estimate of drug-likeness (QED) is 0.540. The molecule has 2 aromatic carbocycles. The van der Waals surface area contributed by atoms with E-state index >= 15 is 0 Å². The summed E-state index contributed by atoms with van der Waals surface area (Å²) in [5, 5.41) is 8.34. The molecule has 7 rings (SSSR count). The van der Waals surface area contributed by atoms with Gasteiger partial charge >= 0.3 is 0 Å². The first kappa shape index (κ1) is 19.8. The number of hydrogen-bond donors (Lipinski definition) is 1. The summed E-state index contributed by atoms with van der Waals surface area (Å²) < 4.78 is 1.92. The zero-order valence-corrected chi connectivity index (χ0v) is 19.0. The maximum atomic E-state index is 13.7. The van der Waals surface area contributed by atoms with Crippen LogP contribution < -0.4 is 5.32 Å². The van der Waals surface area contributed by atoms with Crippen LogP contribution in [0.5, 0.6) is 0 Å². The smallest absolute Gasteiger partial charge is 0.259 e. The van der Waals surface area contributed by atoms with Crippen molar-refractivity contribution in [3.8, 4) is 5.69 Å². The largest absolute Gasteiger partial charge is 0.322 e. The molecule has 4 aliphatic rings. The van der Waals surface area contributed by atoms with Crippen LogP contribution in [0.3, 0.4) is 0 Å². The number of nitrogens with one attached hydrogen (secondary N) is 1. The molecule has 4 fully saturated rings. The normalized spacial score (nSPS) is 28.1. The van der Waals surface area contributed by atoms with Crippen molar-refractivity contribution in [2.45, 2.75) is 57.8 Å². The zero-order chi connectivity index (χ0) is 21.9. The number of nitrogens with zero attached hydrogens (tertiary/aromatic N) is 2. The van der Waals surface area contributed by atoms with Crippen LogP contribution in [-0.2, 0) is 5.41 Å². The Morgan fingerprint density at radius 1 is 0.969 bits per heavy atom. The highest BCUT2D eigenvalue weighted by Crippen LogP contribution is 2.60. The summed E-state index contributed by atoms with van der Waals surface area (Å²) >= 11 is 0. The second-order valence-corrected chi connectivity index (χ2v) is 10.6. The lowest BCUT2D eigenvalue weighted by Crippen LogP contribution is -2.49. The van der Waals surface area contributed by atoms with Crippen molar-refractivity contribution in [1.29, 1.82) is 0 Å². The molecule has 0 spiro atoms. The van der Waals surface area contributed by atoms with Crippen LogP contribution >= 0.6 is 0 Å². The first-order chi connectivity index (χ1) is 15.5. The highest BCUT2D eigenvalue weighted by atomic mass is 16.1. The number of carbonyl (C=O) groups is 1. The fraction of sp³-hybridized carbons (Fsp3) is 0.429. The minimum absolute atomic E-state index is 0.0355. The lowest BCUT2D eigenvalue weighted by molar-refractivity contribution is -0.00765. The van der Waals surface area contributed by atoms with Crippen LogP contribution in [-0.4, -0.2) is 15.7 Å². The van der Waals surface area contributed by atoms with E-state index in [0.29, 0.717) is 0 Å². The van der Waals surface area contributed by atoms with Crippen LogP contribution in [0.2, 0.25) is 0 Å². The van der Waals surface area contributed by atoms with Crippen LogP contribution in [0.1, 0.15) is 65.7 Å². The van der Waals surface area contributed by atoms with Crippen molar-refractivity contribution in [2.75, 3.05) is 5.32 Å². The summed E-state index contributed by atoms with van der Waals surface area (Å²) in [5.74, 6) is 2.38. The van der Waals surface area contributed by atoms with E-state index in [9.17, 15) is 4.79 Å². The van der Waals surface area contributed by atoms with Crippen LogP contribution in [0.25, 0.3) is 5.69 Å². The SMILES string of the molecule is Cc1ccc(C)c(NC(=O)c2cn(-c3ccccc3)nc2C23CC4CC(CC(C4)C2)C3)c1. The van der Waals surface area contributed by atoms with Gasteiger partial charge in [0, 0.05) is 17.3 Å². The monoisotopic (exact) mass is 425 g/mol. The van der Waals surface area contributed by atoms with Crippen molar-refractivity contribution in [3.63, 3.8) is 0 Å². The molecule has 1 amide bonds. The Morgan fingerprint density at radius 2 is 1.62 bits per heavy atom. The molecule has 4 saturated carbocycles. The number of amides is 1. The predicted molar refractivity (Wildman–Crippen MR) is 127 cm³/mol. The molecule has 1 aromatic heterocycles. The third kappa shape index (κ3) is 3.28. The highest BCUT2D eigenvalue weighted by molar-refractivity contribution is 6.05. The predicted octanol–water partition coefficient (Wildman–Crippen LogP) is 6.21. The molecule has 0 saturated heterocycles. The summed E-state index contributed by atoms with van der Waals surface area (Å²) in [7, 11) is 0. The van der Waals surface area contributed by atoms with Gasteiger partial charge in [-0.1, -0.05) is 30.3 Å². The summed E-state index contributed by atoms with van der Waals surface area (Å²) in [6.07, 6.45) is 9.66. The number of carbonyl (C=O) groups excluding carboxylic acids is 1. The molecular formula is C28H31N3O. The molecule has 32 heavy (non-hydrogen) atoms. The van der Waals surface area contributed by atoms with E-state index in [1.807, 2.05) is 36.0 Å². The van der Waals surface area contributed by atoms with Crippen molar-refractivity contribution in [3.05, 3.63) is 77.1 Å². The second-order valence-electron chi connectivity index (χ2n) is 10.6. The van der Waals surface area contributed by atoms with E-state index in [1.54, 1.807) is 0 Å². The van der Waals surface area contributed by atoms with Gasteiger partial charge in [0.1, 0.15) is 0 Å². The van der Waals surface area contributed by atoms with Crippen molar-refractivity contribution in [1.82, 2.24) is 9.78 Å². The first-order valence-electron chi connectivity index (χ1n) is 12.0. The van der Waals surface area contributed by atoms with E-state index < -0.39 is 0 Å². The molecular weight excluding hydrogens is 394 g/mol. The van der Waals surface area contributed by atoms with Gasteiger partial charge in [-0.3, -0.25) is 4.79 Å². The van der Waals surface area contributed by atoms with E-state index in [1.165, 1.54) is 38.5 Å². The molecule has 4 bridgehead atoms. The Morgan fingerprint density at radius 3 is 2.28 bits per heavy atom. The van der Waals surface area contributed by atoms with Gasteiger partial charge in [-0.05, 0) is 99.5 Å². The van der Waals surface area contributed by atoms with Crippen LogP contribution in [0.15, 0.2) is 54.7 Å². The number of aromatic nitrogens is 2. The molecule has 0 atom stereocenters. The highest BCUT2D eigenvalue weighted by Gasteiger charge is 2.53. The van der Waals surface area contributed by atoms with Crippen molar-refractivity contribution >= 4 is 11.6 Å². The van der Waals surface area contributed by atoms with Gasteiger partial charge in [0.05, 0.1) is 16.9 Å². The van der Waals surface area contributed by atoms with Gasteiger partial charge in [-0.15, -0.1) is 0 Å². The van der Waals surface area contributed by atoms with Crippen molar-refractivity contribution < 1.29 is 4.79 Å². The molecule has 0 radical (unpaired) electrons. The van der Waals surface area contributed by atoms with Gasteiger partial charge < -0.3 is 5.32 Å². The van der Waals surface area contributed by atoms with Gasteiger partial charge in [0.2, 0.25) is 0 Å². The maximum absolute atomic E-state index is 13.7. The Bertz CT molecular complexity index is 1140. The standard InChI is InChI=1S/C28H31N3O/c1-18-8-9-19(2)25(10-18)29-27(32)24-17-31(23-6-4-3-5-7-23)30-26(24)28-14-20-11-21(15-28)13-22(12-20)16-28/h3-10,17,20-22H,11-16H2,1-2H3,(H,29,32). The Kier molecular flexibility index (Phi) is 4.53. The summed E-state index contributed by atoms with van der Waals surface area (Å²) in [5.41, 5.74) is 5.95. The molecule has 3 aromatic rings. The first-order valence-corrected chi connectivity index (χ1v) is 12.0. The molecule has 4 nitrogen and oxygen atoms in total. The average molecular weight is 426 g/mol. The fourth-order valence-electron chi connectivity index (χ4n) is 7.11. The number of benzene rings is 2. The minimum Gasteiger partial charge on any atom is -0.322 e. The van der Waals surface area contributed by atoms with E-state index in [0.717, 1.165) is 51.5 Å². The maximum Gasteiger partial charge on any atom is 0.259 e. The molecule has 0 unspecified atom stereocenters. The Labute approximate surface area is 190 Å². The number of para-hydroxylation sites is 1. The van der Waals surface area contributed by atoms with Gasteiger partial charge in [-0.25, -0.2) is 4.68 Å². The molecule has 1 N–H and O–H groups in total. The Balaban J connectivity index is 1.43. The van der Waals surface area contributed by atoms with Gasteiger partial charge in [-0.2, -0.15) is 5.10 Å². The number of aryl methyl sites for hydroxylation is 2. The van der Waals surface area contributed by atoms with Gasteiger partial charge in [0.15, 0.2) is 0 Å². The van der Waals surface area contributed by atoms with Crippen molar-refractivity contribution in [2.24, 2.45) is 17.8 Å². The molecule has 164 valence electrons. The van der Waals surface area contributed by atoms with Crippen LogP contribution in [0, 0.1) is 31.6 Å². The Hall–Kier alpha value is -2.88. The third-order valence-electron chi connectivity index (χ3n) is 8.16. The second kappa shape index (κ2) is 7.33. The third-order valence-corrected chi connectivity index (χ3v) is 8.16. The van der Waals surface area contributed by atoms with E-state index in [4.69, 9.17) is 5.10 Å². The van der Waals surface area contributed by atoms with Gasteiger partial charge in [0.25, 0.3) is 5.91 Å². The number of rotatable bonds is 4. The summed E-state index contributed by atoms with van der Waals surface area (Å²) in [6.45, 7) is 4.10. The number of hydrogen-bond acceptors (Lipinski definition) is 2. The lowest BCUT2D eigenvalue weighted by Gasteiger charge is -2.56. The van der Waals surface area contributed by atoms with E-state index in [2.05, 4.69) is 42.6 Å². The molecule has 1 heterocycles. The molecule has 4 aliphatic carbocycles. The summed E-state index contributed by atoms with van der Waals surface area (Å²) in [6, 6.07) is 16.4. The average Bonchev–Trinajstić information content (AvgIpc) is 3.23. The minimum atomic E-state index is -0.0355. The zero-order valence-electron chi connectivity index (χ0n) is 19.0. The molecule has 0 aliphatic heterocycles. The lowest BCUT2D eigenvalue weighted by atomic mass is 9.48. The summed E-state index contributed by atoms with van der Waals surface area (Å²) in [4.78, 5) is 13.7.